The summed E-state index contributed by atoms with van der Waals surface area (Å²) < 4.78 is 5.93. The number of aryl methyl sites for hydroxylation is 1. The molecule has 1 nitrogen and oxygen atoms in total. The van der Waals surface area contributed by atoms with Gasteiger partial charge in [0.05, 0.1) is 0 Å². The fourth-order valence-corrected chi connectivity index (χ4v) is 3.59. The molecule has 0 aliphatic heterocycles. The molecule has 0 unspecified atom stereocenters. The molecular weight excluding hydrogens is 340 g/mol. The number of benzene rings is 4. The summed E-state index contributed by atoms with van der Waals surface area (Å²) in [4.78, 5) is 0. The van der Waals surface area contributed by atoms with Crippen molar-refractivity contribution in [2.45, 2.75) is 20.8 Å². The standard InChI is InChI=1S/C25H18O.C2H6/c1-17-5-4-6-20(15-17)18-9-11-19(12-10-18)21-13-14-25-23(16-21)22-7-2-3-8-24(22)26-25;1-2/h2-16H,1H3;1-2H3. The Morgan fingerprint density at radius 2 is 1.11 bits per heavy atom. The van der Waals surface area contributed by atoms with E-state index < -0.39 is 0 Å². The lowest BCUT2D eigenvalue weighted by atomic mass is 9.98. The number of para-hydroxylation sites is 1. The molecule has 5 rings (SSSR count). The molecule has 4 aromatic carbocycles. The number of fused-ring (bicyclic) bond motifs is 3. The Morgan fingerprint density at radius 1 is 0.500 bits per heavy atom. The van der Waals surface area contributed by atoms with E-state index in [1.807, 2.05) is 26.0 Å². The van der Waals surface area contributed by atoms with Gasteiger partial charge >= 0.3 is 0 Å². The van der Waals surface area contributed by atoms with Crippen LogP contribution in [0, 0.1) is 6.92 Å². The number of hydrogen-bond donors (Lipinski definition) is 0. The average Bonchev–Trinajstić information content (AvgIpc) is 3.13. The fourth-order valence-electron chi connectivity index (χ4n) is 3.59. The molecule has 0 bridgehead atoms. The first-order valence-electron chi connectivity index (χ1n) is 9.87. The van der Waals surface area contributed by atoms with Crippen LogP contribution < -0.4 is 0 Å². The van der Waals surface area contributed by atoms with Gasteiger partial charge in [0, 0.05) is 10.8 Å². The smallest absolute Gasteiger partial charge is 0.135 e. The predicted molar refractivity (Wildman–Crippen MR) is 121 cm³/mol. The second-order valence-corrected chi connectivity index (χ2v) is 6.76. The SMILES string of the molecule is CC.Cc1cccc(-c2ccc(-c3ccc4oc5ccccc5c4c3)cc2)c1. The number of hydrogen-bond acceptors (Lipinski definition) is 1. The van der Waals surface area contributed by atoms with Gasteiger partial charge in [0.2, 0.25) is 0 Å². The van der Waals surface area contributed by atoms with Gasteiger partial charge in [-0.25, -0.2) is 0 Å². The molecule has 0 spiro atoms. The largest absolute Gasteiger partial charge is 0.456 e. The van der Waals surface area contributed by atoms with Gasteiger partial charge in [-0.2, -0.15) is 0 Å². The van der Waals surface area contributed by atoms with Crippen LogP contribution in [0.15, 0.2) is 95.4 Å². The van der Waals surface area contributed by atoms with E-state index in [9.17, 15) is 0 Å². The van der Waals surface area contributed by atoms with Gasteiger partial charge < -0.3 is 4.42 Å². The van der Waals surface area contributed by atoms with Crippen molar-refractivity contribution >= 4 is 21.9 Å². The number of furan rings is 1. The topological polar surface area (TPSA) is 13.1 Å². The minimum Gasteiger partial charge on any atom is -0.456 e. The van der Waals surface area contributed by atoms with Crippen LogP contribution in [0.25, 0.3) is 44.2 Å². The highest BCUT2D eigenvalue weighted by molar-refractivity contribution is 6.06. The van der Waals surface area contributed by atoms with Gasteiger partial charge in [-0.3, -0.25) is 0 Å². The molecule has 1 aromatic heterocycles. The van der Waals surface area contributed by atoms with Crippen molar-refractivity contribution in [3.05, 3.63) is 96.6 Å². The van der Waals surface area contributed by atoms with E-state index in [0.29, 0.717) is 0 Å². The molecule has 28 heavy (non-hydrogen) atoms. The van der Waals surface area contributed by atoms with Crippen molar-refractivity contribution in [2.75, 3.05) is 0 Å². The summed E-state index contributed by atoms with van der Waals surface area (Å²) in [6.45, 7) is 6.13. The van der Waals surface area contributed by atoms with E-state index in [2.05, 4.69) is 85.8 Å². The van der Waals surface area contributed by atoms with Crippen LogP contribution >= 0.6 is 0 Å². The highest BCUT2D eigenvalue weighted by Gasteiger charge is 2.08. The molecule has 5 aromatic rings. The highest BCUT2D eigenvalue weighted by Crippen LogP contribution is 2.33. The Bertz CT molecular complexity index is 1230. The zero-order chi connectivity index (χ0) is 19.5. The van der Waals surface area contributed by atoms with Crippen molar-refractivity contribution in [3.8, 4) is 22.3 Å². The molecule has 0 saturated carbocycles. The first-order valence-corrected chi connectivity index (χ1v) is 9.87. The van der Waals surface area contributed by atoms with Crippen molar-refractivity contribution in [3.63, 3.8) is 0 Å². The second-order valence-electron chi connectivity index (χ2n) is 6.76. The van der Waals surface area contributed by atoms with Gasteiger partial charge in [-0.05, 0) is 47.4 Å². The Kier molecular flexibility index (Phi) is 4.99. The normalized spacial score (nSPS) is 10.7. The molecule has 0 N–H and O–H groups in total. The monoisotopic (exact) mass is 364 g/mol. The van der Waals surface area contributed by atoms with Gasteiger partial charge in [-0.1, -0.05) is 92.2 Å². The molecule has 0 saturated heterocycles. The summed E-state index contributed by atoms with van der Waals surface area (Å²) in [7, 11) is 0. The lowest BCUT2D eigenvalue weighted by molar-refractivity contribution is 0.669. The summed E-state index contributed by atoms with van der Waals surface area (Å²) in [6, 6.07) is 32.0. The lowest BCUT2D eigenvalue weighted by Gasteiger charge is -2.06. The van der Waals surface area contributed by atoms with Crippen LogP contribution in [0.2, 0.25) is 0 Å². The van der Waals surface area contributed by atoms with Gasteiger partial charge in [0.15, 0.2) is 0 Å². The Labute approximate surface area is 166 Å². The van der Waals surface area contributed by atoms with Crippen molar-refractivity contribution < 1.29 is 4.42 Å². The fraction of sp³-hybridized carbons (Fsp3) is 0.111. The van der Waals surface area contributed by atoms with Crippen LogP contribution in [0.4, 0.5) is 0 Å². The van der Waals surface area contributed by atoms with Crippen molar-refractivity contribution in [1.29, 1.82) is 0 Å². The summed E-state index contributed by atoms with van der Waals surface area (Å²) >= 11 is 0. The van der Waals surface area contributed by atoms with E-state index in [-0.39, 0.29) is 0 Å². The summed E-state index contributed by atoms with van der Waals surface area (Å²) in [5, 5.41) is 2.33. The van der Waals surface area contributed by atoms with Crippen LogP contribution in [-0.2, 0) is 0 Å². The van der Waals surface area contributed by atoms with E-state index >= 15 is 0 Å². The van der Waals surface area contributed by atoms with Crippen LogP contribution in [0.5, 0.6) is 0 Å². The maximum Gasteiger partial charge on any atom is 0.135 e. The summed E-state index contributed by atoms with van der Waals surface area (Å²) in [6.07, 6.45) is 0. The second kappa shape index (κ2) is 7.74. The quantitative estimate of drug-likeness (QED) is 0.307. The van der Waals surface area contributed by atoms with E-state index in [4.69, 9.17) is 4.42 Å². The first kappa shape index (κ1) is 18.1. The maximum atomic E-state index is 5.93. The van der Waals surface area contributed by atoms with E-state index in [0.717, 1.165) is 11.2 Å². The molecule has 0 fully saturated rings. The summed E-state index contributed by atoms with van der Waals surface area (Å²) in [5.74, 6) is 0. The minimum absolute atomic E-state index is 0.936. The molecule has 1 heteroatoms. The molecule has 0 aliphatic carbocycles. The Balaban J connectivity index is 0.000000932. The summed E-state index contributed by atoms with van der Waals surface area (Å²) in [5.41, 5.74) is 8.08. The lowest BCUT2D eigenvalue weighted by Crippen LogP contribution is -1.81. The molecule has 0 aliphatic rings. The Hall–Kier alpha value is -3.32. The van der Waals surface area contributed by atoms with Crippen LogP contribution in [0.1, 0.15) is 19.4 Å². The Morgan fingerprint density at radius 3 is 1.82 bits per heavy atom. The number of rotatable bonds is 2. The molecule has 1 heterocycles. The molecule has 0 radical (unpaired) electrons. The molecule has 0 atom stereocenters. The van der Waals surface area contributed by atoms with Gasteiger partial charge in [0.25, 0.3) is 0 Å². The predicted octanol–water partition coefficient (Wildman–Crippen LogP) is 8.25. The van der Waals surface area contributed by atoms with E-state index in [1.54, 1.807) is 0 Å². The zero-order valence-corrected chi connectivity index (χ0v) is 16.6. The minimum atomic E-state index is 0.936. The van der Waals surface area contributed by atoms with Crippen molar-refractivity contribution in [2.24, 2.45) is 0 Å². The third kappa shape index (κ3) is 3.32. The zero-order valence-electron chi connectivity index (χ0n) is 16.6. The third-order valence-electron chi connectivity index (χ3n) is 4.95. The van der Waals surface area contributed by atoms with Crippen LogP contribution in [0.3, 0.4) is 0 Å². The van der Waals surface area contributed by atoms with Gasteiger partial charge in [0.1, 0.15) is 11.2 Å². The molecule has 0 amide bonds. The molecule has 138 valence electrons. The maximum absolute atomic E-state index is 5.93. The van der Waals surface area contributed by atoms with Crippen molar-refractivity contribution in [1.82, 2.24) is 0 Å². The average molecular weight is 364 g/mol. The van der Waals surface area contributed by atoms with Gasteiger partial charge in [-0.15, -0.1) is 0 Å². The third-order valence-corrected chi connectivity index (χ3v) is 4.95. The molecular formula is C27H24O. The van der Waals surface area contributed by atoms with Crippen LogP contribution in [-0.4, -0.2) is 0 Å². The first-order chi connectivity index (χ1) is 13.8. The highest BCUT2D eigenvalue weighted by atomic mass is 16.3. The van der Waals surface area contributed by atoms with E-state index in [1.165, 1.54) is 38.6 Å².